The number of aromatic nitrogens is 2. The number of aryl methyl sites for hydroxylation is 1. The van der Waals surface area contributed by atoms with Gasteiger partial charge in [0.15, 0.2) is 0 Å². The Morgan fingerprint density at radius 1 is 1.06 bits per heavy atom. The van der Waals surface area contributed by atoms with E-state index < -0.39 is 12.1 Å². The van der Waals surface area contributed by atoms with Gasteiger partial charge in [0.2, 0.25) is 5.91 Å². The predicted molar refractivity (Wildman–Crippen MR) is 135 cm³/mol. The van der Waals surface area contributed by atoms with E-state index in [1.807, 2.05) is 60.7 Å². The van der Waals surface area contributed by atoms with Crippen LogP contribution in [0.3, 0.4) is 0 Å². The first kappa shape index (κ1) is 22.7. The maximum absolute atomic E-state index is 12.9. The van der Waals surface area contributed by atoms with Crippen molar-refractivity contribution in [3.63, 3.8) is 0 Å². The average molecular weight is 469 g/mol. The molecule has 2 amide bonds. The lowest BCUT2D eigenvalue weighted by molar-refractivity contribution is -0.120. The van der Waals surface area contributed by atoms with Gasteiger partial charge in [0.25, 0.3) is 0 Å². The van der Waals surface area contributed by atoms with Gasteiger partial charge in [-0.05, 0) is 60.7 Å². The van der Waals surface area contributed by atoms with Gasteiger partial charge in [0.1, 0.15) is 18.5 Å². The van der Waals surface area contributed by atoms with E-state index in [0.29, 0.717) is 25.1 Å². The lowest BCUT2D eigenvalue weighted by Crippen LogP contribution is -2.43. The van der Waals surface area contributed by atoms with Crippen LogP contribution < -0.4 is 5.32 Å². The van der Waals surface area contributed by atoms with E-state index in [1.165, 1.54) is 10.5 Å². The van der Waals surface area contributed by atoms with Crippen molar-refractivity contribution >= 4 is 28.7 Å². The van der Waals surface area contributed by atoms with Crippen molar-refractivity contribution in [3.8, 4) is 0 Å². The number of likely N-dealkylation sites (tertiary alicyclic amines) is 1. The Kier molecular flexibility index (Phi) is 6.48. The number of carbonyl (C=O) groups is 2. The second-order valence-electron chi connectivity index (χ2n) is 8.96. The molecular weight excluding hydrogens is 440 g/mol. The van der Waals surface area contributed by atoms with E-state index in [9.17, 15) is 9.59 Å². The number of H-pyrrole nitrogens is 1. The highest BCUT2D eigenvalue weighted by Gasteiger charge is 2.35. The minimum Gasteiger partial charge on any atom is -0.445 e. The van der Waals surface area contributed by atoms with E-state index >= 15 is 0 Å². The van der Waals surface area contributed by atoms with Crippen molar-refractivity contribution in [1.82, 2.24) is 14.9 Å². The van der Waals surface area contributed by atoms with Crippen molar-refractivity contribution < 1.29 is 14.3 Å². The molecule has 0 saturated carbocycles. The molecule has 0 aliphatic carbocycles. The van der Waals surface area contributed by atoms with Crippen molar-refractivity contribution in [3.05, 3.63) is 95.3 Å². The Labute approximate surface area is 204 Å². The third kappa shape index (κ3) is 5.35. The smallest absolute Gasteiger partial charge is 0.410 e. The second kappa shape index (κ2) is 10.0. The standard InChI is InChI=1S/C28H28N4O3/c1-19-9-14-23-24(16-19)31-26(30-23)17-20-10-12-22(13-11-20)29-27(33)25-8-5-15-32(25)28(34)35-18-21-6-3-2-4-7-21/h2-4,6-7,9-14,16,25H,5,8,15,17-18H2,1H3,(H,29,33)(H,30,31). The van der Waals surface area contributed by atoms with Gasteiger partial charge in [-0.1, -0.05) is 48.5 Å². The Balaban J connectivity index is 1.17. The minimum atomic E-state index is -0.531. The van der Waals surface area contributed by atoms with Gasteiger partial charge in [0.05, 0.1) is 11.0 Å². The molecule has 1 saturated heterocycles. The fourth-order valence-electron chi connectivity index (χ4n) is 4.44. The Morgan fingerprint density at radius 3 is 2.66 bits per heavy atom. The number of nitrogens with zero attached hydrogens (tertiary/aromatic N) is 2. The van der Waals surface area contributed by atoms with Gasteiger partial charge in [-0.2, -0.15) is 0 Å². The predicted octanol–water partition coefficient (Wildman–Crippen LogP) is 5.20. The molecule has 1 unspecified atom stereocenters. The molecule has 0 spiro atoms. The van der Waals surface area contributed by atoms with E-state index in [-0.39, 0.29) is 12.5 Å². The molecule has 7 nitrogen and oxygen atoms in total. The fraction of sp³-hybridized carbons (Fsp3) is 0.250. The van der Waals surface area contributed by atoms with Crippen molar-refractivity contribution in [2.24, 2.45) is 0 Å². The van der Waals surface area contributed by atoms with Crippen LogP contribution in [0.1, 0.15) is 35.4 Å². The zero-order chi connectivity index (χ0) is 24.2. The molecule has 1 aromatic heterocycles. The second-order valence-corrected chi connectivity index (χ2v) is 8.96. The Morgan fingerprint density at radius 2 is 1.86 bits per heavy atom. The largest absolute Gasteiger partial charge is 0.445 e. The number of rotatable bonds is 6. The summed E-state index contributed by atoms with van der Waals surface area (Å²) in [5, 5.41) is 2.95. The van der Waals surface area contributed by atoms with E-state index in [1.54, 1.807) is 0 Å². The highest BCUT2D eigenvalue weighted by atomic mass is 16.6. The lowest BCUT2D eigenvalue weighted by atomic mass is 10.1. The summed E-state index contributed by atoms with van der Waals surface area (Å²) in [4.78, 5) is 35.1. The van der Waals surface area contributed by atoms with E-state index in [0.717, 1.165) is 34.4 Å². The van der Waals surface area contributed by atoms with Crippen LogP contribution in [0.5, 0.6) is 0 Å². The molecule has 178 valence electrons. The number of carbonyl (C=O) groups excluding carboxylic acids is 2. The summed E-state index contributed by atoms with van der Waals surface area (Å²) in [7, 11) is 0. The van der Waals surface area contributed by atoms with Crippen LogP contribution in [-0.4, -0.2) is 39.5 Å². The lowest BCUT2D eigenvalue weighted by Gasteiger charge is -2.23. The zero-order valence-electron chi connectivity index (χ0n) is 19.7. The molecule has 1 fully saturated rings. The normalized spacial score (nSPS) is 15.3. The number of benzene rings is 3. The molecule has 0 radical (unpaired) electrons. The summed E-state index contributed by atoms with van der Waals surface area (Å²) >= 11 is 0. The van der Waals surface area contributed by atoms with Gasteiger partial charge in [0, 0.05) is 18.7 Å². The Bertz CT molecular complexity index is 1330. The van der Waals surface area contributed by atoms with Crippen molar-refractivity contribution in [1.29, 1.82) is 0 Å². The SMILES string of the molecule is Cc1ccc2[nH]c(Cc3ccc(NC(=O)C4CCCN4C(=O)OCc4ccccc4)cc3)nc2c1. The fourth-order valence-corrected chi connectivity index (χ4v) is 4.44. The van der Waals surface area contributed by atoms with Crippen LogP contribution >= 0.6 is 0 Å². The summed E-state index contributed by atoms with van der Waals surface area (Å²) in [5.41, 5.74) is 5.87. The first-order valence-electron chi connectivity index (χ1n) is 11.9. The first-order valence-corrected chi connectivity index (χ1v) is 11.9. The average Bonchev–Trinajstić information content (AvgIpc) is 3.51. The molecule has 2 N–H and O–H groups in total. The van der Waals surface area contributed by atoms with Gasteiger partial charge in [-0.3, -0.25) is 9.69 Å². The van der Waals surface area contributed by atoms with Crippen LogP contribution in [-0.2, 0) is 22.6 Å². The summed E-state index contributed by atoms with van der Waals surface area (Å²) < 4.78 is 5.44. The number of ether oxygens (including phenoxy) is 1. The summed E-state index contributed by atoms with van der Waals surface area (Å²) in [6.45, 7) is 2.76. The maximum Gasteiger partial charge on any atom is 0.410 e. The summed E-state index contributed by atoms with van der Waals surface area (Å²) in [6.07, 6.45) is 1.61. The van der Waals surface area contributed by atoms with Gasteiger partial charge in [-0.25, -0.2) is 9.78 Å². The Hall–Kier alpha value is -4.13. The summed E-state index contributed by atoms with van der Waals surface area (Å²) in [6, 6.07) is 22.9. The number of amides is 2. The number of imidazole rings is 1. The summed E-state index contributed by atoms with van der Waals surface area (Å²) in [5.74, 6) is 0.706. The van der Waals surface area contributed by atoms with Crippen molar-refractivity contribution in [2.75, 3.05) is 11.9 Å². The third-order valence-corrected chi connectivity index (χ3v) is 6.28. The maximum atomic E-state index is 12.9. The molecule has 35 heavy (non-hydrogen) atoms. The van der Waals surface area contributed by atoms with Crippen LogP contribution in [0.4, 0.5) is 10.5 Å². The van der Waals surface area contributed by atoms with Crippen LogP contribution in [0.15, 0.2) is 72.8 Å². The quantitative estimate of drug-likeness (QED) is 0.407. The van der Waals surface area contributed by atoms with Crippen LogP contribution in [0.2, 0.25) is 0 Å². The number of anilines is 1. The topological polar surface area (TPSA) is 87.3 Å². The molecule has 0 bridgehead atoms. The number of aromatic amines is 1. The molecule has 3 aromatic carbocycles. The number of nitrogens with one attached hydrogen (secondary N) is 2. The molecule has 1 aliphatic heterocycles. The minimum absolute atomic E-state index is 0.191. The molecule has 1 atom stereocenters. The van der Waals surface area contributed by atoms with E-state index in [4.69, 9.17) is 4.74 Å². The van der Waals surface area contributed by atoms with Crippen LogP contribution in [0.25, 0.3) is 11.0 Å². The molecular formula is C28H28N4O3. The first-order chi connectivity index (χ1) is 17.0. The van der Waals surface area contributed by atoms with Crippen molar-refractivity contribution in [2.45, 2.75) is 38.8 Å². The number of fused-ring (bicyclic) bond motifs is 1. The molecule has 2 heterocycles. The van der Waals surface area contributed by atoms with Gasteiger partial charge < -0.3 is 15.0 Å². The molecule has 1 aliphatic rings. The molecule has 4 aromatic rings. The van der Waals surface area contributed by atoms with E-state index in [2.05, 4.69) is 34.3 Å². The van der Waals surface area contributed by atoms with Crippen LogP contribution in [0, 0.1) is 6.92 Å². The number of hydrogen-bond donors (Lipinski definition) is 2. The molecule has 5 rings (SSSR count). The van der Waals surface area contributed by atoms with Gasteiger partial charge >= 0.3 is 6.09 Å². The highest BCUT2D eigenvalue weighted by molar-refractivity contribution is 5.96. The molecule has 7 heteroatoms. The number of hydrogen-bond acceptors (Lipinski definition) is 4. The monoisotopic (exact) mass is 468 g/mol. The van der Waals surface area contributed by atoms with Gasteiger partial charge in [-0.15, -0.1) is 0 Å². The third-order valence-electron chi connectivity index (χ3n) is 6.28. The highest BCUT2D eigenvalue weighted by Crippen LogP contribution is 2.22. The zero-order valence-corrected chi connectivity index (χ0v) is 19.7.